The van der Waals surface area contributed by atoms with Crippen molar-refractivity contribution in [3.05, 3.63) is 35.4 Å². The van der Waals surface area contributed by atoms with Gasteiger partial charge in [-0.05, 0) is 49.8 Å². The molecule has 18 heavy (non-hydrogen) atoms. The van der Waals surface area contributed by atoms with Crippen molar-refractivity contribution in [1.82, 2.24) is 5.32 Å². The smallest absolute Gasteiger partial charge is 0.0480 e. The van der Waals surface area contributed by atoms with E-state index < -0.39 is 0 Å². The summed E-state index contributed by atoms with van der Waals surface area (Å²) < 4.78 is 5.47. The molecular formula is C16H25NO. The van der Waals surface area contributed by atoms with Gasteiger partial charge in [-0.15, -0.1) is 0 Å². The first kappa shape index (κ1) is 13.6. The minimum Gasteiger partial charge on any atom is -0.382 e. The summed E-state index contributed by atoms with van der Waals surface area (Å²) in [4.78, 5) is 0. The second-order valence-electron chi connectivity index (χ2n) is 5.08. The third kappa shape index (κ3) is 3.33. The van der Waals surface area contributed by atoms with Crippen molar-refractivity contribution in [2.45, 2.75) is 45.1 Å². The molecule has 0 amide bonds. The van der Waals surface area contributed by atoms with E-state index in [2.05, 4.69) is 43.4 Å². The van der Waals surface area contributed by atoms with Gasteiger partial charge in [0.1, 0.15) is 0 Å². The maximum atomic E-state index is 5.47. The summed E-state index contributed by atoms with van der Waals surface area (Å²) in [5, 5.41) is 3.59. The number of hydrogen-bond acceptors (Lipinski definition) is 2. The fraction of sp³-hybridized carbons (Fsp3) is 0.625. The first-order valence-electron chi connectivity index (χ1n) is 7.24. The lowest BCUT2D eigenvalue weighted by Gasteiger charge is -2.33. The lowest BCUT2D eigenvalue weighted by molar-refractivity contribution is 0.134. The molecule has 2 rings (SSSR count). The molecule has 1 aliphatic carbocycles. The Morgan fingerprint density at radius 2 is 2.17 bits per heavy atom. The van der Waals surface area contributed by atoms with Crippen LogP contribution in [0.25, 0.3) is 0 Å². The highest BCUT2D eigenvalue weighted by Crippen LogP contribution is 2.38. The highest BCUT2D eigenvalue weighted by Gasteiger charge is 2.27. The molecule has 0 saturated heterocycles. The molecule has 0 radical (unpaired) electrons. The number of hydrogen-bond donors (Lipinski definition) is 1. The van der Waals surface area contributed by atoms with Gasteiger partial charge in [-0.1, -0.05) is 31.2 Å². The molecule has 2 nitrogen and oxygen atoms in total. The molecule has 1 aromatic carbocycles. The summed E-state index contributed by atoms with van der Waals surface area (Å²) in [7, 11) is 0. The molecular weight excluding hydrogens is 222 g/mol. The minimum atomic E-state index is 0.597. The normalized spacial score (nSPS) is 19.1. The lowest BCUT2D eigenvalue weighted by Crippen LogP contribution is -2.34. The number of benzene rings is 1. The van der Waals surface area contributed by atoms with Crippen molar-refractivity contribution >= 4 is 0 Å². The van der Waals surface area contributed by atoms with Crippen molar-refractivity contribution in [2.75, 3.05) is 19.8 Å². The van der Waals surface area contributed by atoms with Gasteiger partial charge in [-0.3, -0.25) is 0 Å². The first-order valence-corrected chi connectivity index (χ1v) is 7.24. The molecule has 2 unspecified atom stereocenters. The Hall–Kier alpha value is -0.860. The second kappa shape index (κ2) is 6.91. The Bertz CT molecular complexity index is 364. The third-order valence-corrected chi connectivity index (χ3v) is 3.84. The summed E-state index contributed by atoms with van der Waals surface area (Å²) in [6.07, 6.45) is 3.63. The zero-order valence-corrected chi connectivity index (χ0v) is 11.6. The quantitative estimate of drug-likeness (QED) is 0.713. The molecule has 0 fully saturated rings. The van der Waals surface area contributed by atoms with Crippen LogP contribution in [0.5, 0.6) is 0 Å². The summed E-state index contributed by atoms with van der Waals surface area (Å²) >= 11 is 0. The number of nitrogens with one attached hydrogen (secondary N) is 1. The minimum absolute atomic E-state index is 0.597. The van der Waals surface area contributed by atoms with Gasteiger partial charge in [0.25, 0.3) is 0 Å². The fourth-order valence-electron chi connectivity index (χ4n) is 2.88. The van der Waals surface area contributed by atoms with Crippen molar-refractivity contribution in [3.63, 3.8) is 0 Å². The van der Waals surface area contributed by atoms with Gasteiger partial charge >= 0.3 is 0 Å². The SMILES string of the molecule is CCNC(CCOCC)CC1Cc2ccccc21. The van der Waals surface area contributed by atoms with Gasteiger partial charge in [0, 0.05) is 19.3 Å². The molecule has 1 aliphatic rings. The van der Waals surface area contributed by atoms with Crippen molar-refractivity contribution < 1.29 is 4.74 Å². The molecule has 0 saturated carbocycles. The topological polar surface area (TPSA) is 21.3 Å². The van der Waals surface area contributed by atoms with Crippen molar-refractivity contribution in [3.8, 4) is 0 Å². The molecule has 2 atom stereocenters. The first-order chi connectivity index (χ1) is 8.85. The van der Waals surface area contributed by atoms with E-state index in [1.807, 2.05) is 0 Å². The third-order valence-electron chi connectivity index (χ3n) is 3.84. The average Bonchev–Trinajstić information content (AvgIpc) is 2.36. The van der Waals surface area contributed by atoms with Crippen LogP contribution in [0.4, 0.5) is 0 Å². The summed E-state index contributed by atoms with van der Waals surface area (Å²) in [5.74, 6) is 0.756. The Balaban J connectivity index is 1.83. The van der Waals surface area contributed by atoms with Gasteiger partial charge in [-0.2, -0.15) is 0 Å². The van der Waals surface area contributed by atoms with E-state index in [0.29, 0.717) is 6.04 Å². The summed E-state index contributed by atoms with van der Waals surface area (Å²) in [6.45, 7) is 6.99. The fourth-order valence-corrected chi connectivity index (χ4v) is 2.88. The van der Waals surface area contributed by atoms with E-state index in [4.69, 9.17) is 4.74 Å². The molecule has 1 aromatic rings. The van der Waals surface area contributed by atoms with Crippen LogP contribution in [0, 0.1) is 0 Å². The molecule has 0 heterocycles. The molecule has 0 aliphatic heterocycles. The van der Waals surface area contributed by atoms with Gasteiger partial charge in [0.2, 0.25) is 0 Å². The predicted molar refractivity (Wildman–Crippen MR) is 76.1 cm³/mol. The van der Waals surface area contributed by atoms with E-state index in [-0.39, 0.29) is 0 Å². The van der Waals surface area contributed by atoms with Crippen LogP contribution in [-0.2, 0) is 11.2 Å². The van der Waals surface area contributed by atoms with E-state index in [1.165, 1.54) is 12.8 Å². The van der Waals surface area contributed by atoms with Crippen LogP contribution >= 0.6 is 0 Å². The van der Waals surface area contributed by atoms with Gasteiger partial charge in [0.05, 0.1) is 0 Å². The van der Waals surface area contributed by atoms with Crippen LogP contribution in [0.2, 0.25) is 0 Å². The number of fused-ring (bicyclic) bond motifs is 1. The van der Waals surface area contributed by atoms with Crippen molar-refractivity contribution in [2.24, 2.45) is 0 Å². The van der Waals surface area contributed by atoms with Gasteiger partial charge in [-0.25, -0.2) is 0 Å². The van der Waals surface area contributed by atoms with E-state index in [1.54, 1.807) is 11.1 Å². The lowest BCUT2D eigenvalue weighted by atomic mass is 9.74. The zero-order chi connectivity index (χ0) is 12.8. The van der Waals surface area contributed by atoms with E-state index in [9.17, 15) is 0 Å². The van der Waals surface area contributed by atoms with Crippen LogP contribution in [-0.4, -0.2) is 25.8 Å². The maximum Gasteiger partial charge on any atom is 0.0480 e. The van der Waals surface area contributed by atoms with Gasteiger partial charge in [0.15, 0.2) is 0 Å². The number of ether oxygens (including phenoxy) is 1. The van der Waals surface area contributed by atoms with Crippen LogP contribution in [0.1, 0.15) is 43.7 Å². The highest BCUT2D eigenvalue weighted by atomic mass is 16.5. The molecule has 1 N–H and O–H groups in total. The zero-order valence-electron chi connectivity index (χ0n) is 11.6. The molecule has 2 heteroatoms. The van der Waals surface area contributed by atoms with E-state index in [0.717, 1.165) is 32.1 Å². The molecule has 0 spiro atoms. The maximum absolute atomic E-state index is 5.47. The Kier molecular flexibility index (Phi) is 5.21. The Morgan fingerprint density at radius 1 is 1.33 bits per heavy atom. The summed E-state index contributed by atoms with van der Waals surface area (Å²) in [5.41, 5.74) is 3.11. The van der Waals surface area contributed by atoms with Crippen LogP contribution < -0.4 is 5.32 Å². The number of rotatable bonds is 8. The Morgan fingerprint density at radius 3 is 2.89 bits per heavy atom. The van der Waals surface area contributed by atoms with E-state index >= 15 is 0 Å². The van der Waals surface area contributed by atoms with Gasteiger partial charge < -0.3 is 10.1 Å². The highest BCUT2D eigenvalue weighted by molar-refractivity contribution is 5.39. The predicted octanol–water partition coefficient (Wildman–Crippen LogP) is 3.12. The second-order valence-corrected chi connectivity index (χ2v) is 5.08. The standard InChI is InChI=1S/C16H25NO/c1-3-17-15(9-10-18-4-2)12-14-11-13-7-5-6-8-16(13)14/h5-8,14-15,17H,3-4,9-12H2,1-2H3. The van der Waals surface area contributed by atoms with Crippen LogP contribution in [0.15, 0.2) is 24.3 Å². The monoisotopic (exact) mass is 247 g/mol. The molecule has 0 bridgehead atoms. The van der Waals surface area contributed by atoms with Crippen molar-refractivity contribution in [1.29, 1.82) is 0 Å². The summed E-state index contributed by atoms with van der Waals surface area (Å²) in [6, 6.07) is 9.45. The van der Waals surface area contributed by atoms with Crippen LogP contribution in [0.3, 0.4) is 0 Å². The largest absolute Gasteiger partial charge is 0.382 e. The Labute approximate surface area is 111 Å². The molecule has 0 aromatic heterocycles. The average molecular weight is 247 g/mol. The molecule has 100 valence electrons.